The van der Waals surface area contributed by atoms with E-state index in [2.05, 4.69) is 83.8 Å². The van der Waals surface area contributed by atoms with Gasteiger partial charge in [0.2, 0.25) is 0 Å². The van der Waals surface area contributed by atoms with Crippen LogP contribution in [0.4, 0.5) is 5.69 Å². The minimum absolute atomic E-state index is 0.0164. The lowest BCUT2D eigenvalue weighted by molar-refractivity contribution is 0.408. The fourth-order valence-electron chi connectivity index (χ4n) is 3.12. The van der Waals surface area contributed by atoms with Gasteiger partial charge in [0, 0.05) is 17.3 Å². The molecule has 0 atom stereocenters. The molecule has 4 aromatic rings. The summed E-state index contributed by atoms with van der Waals surface area (Å²) in [6.07, 6.45) is 3.84. The molecule has 0 amide bonds. The Balaban J connectivity index is 1.72. The van der Waals surface area contributed by atoms with E-state index < -0.39 is 0 Å². The van der Waals surface area contributed by atoms with Crippen molar-refractivity contribution in [3.05, 3.63) is 72.6 Å². The maximum atomic E-state index is 4.67. The summed E-state index contributed by atoms with van der Waals surface area (Å²) in [5, 5.41) is 2.44. The molecule has 0 N–H and O–H groups in total. The standard InChI is InChI=1S/C22H21N3/c1-22(2,3)25-15-24-20-13-18(11-12-21(20)25)23-14-17-9-6-8-16-7-4-5-10-19(16)17/h4-15H,1-3H3. The number of aromatic nitrogens is 2. The highest BCUT2D eigenvalue weighted by Crippen LogP contribution is 2.25. The number of benzene rings is 3. The monoisotopic (exact) mass is 327 g/mol. The molecule has 0 aliphatic carbocycles. The van der Waals surface area contributed by atoms with Crippen molar-refractivity contribution >= 4 is 33.7 Å². The van der Waals surface area contributed by atoms with Gasteiger partial charge in [-0.15, -0.1) is 0 Å². The van der Waals surface area contributed by atoms with Crippen molar-refractivity contribution in [1.29, 1.82) is 0 Å². The summed E-state index contributed by atoms with van der Waals surface area (Å²) in [4.78, 5) is 9.21. The maximum Gasteiger partial charge on any atom is 0.0963 e. The minimum atomic E-state index is 0.0164. The second-order valence-corrected chi connectivity index (χ2v) is 7.28. The van der Waals surface area contributed by atoms with E-state index in [1.165, 1.54) is 10.8 Å². The third-order valence-corrected chi connectivity index (χ3v) is 4.43. The van der Waals surface area contributed by atoms with E-state index in [0.29, 0.717) is 0 Å². The zero-order chi connectivity index (χ0) is 17.4. The molecule has 0 aliphatic rings. The first kappa shape index (κ1) is 15.6. The van der Waals surface area contributed by atoms with Gasteiger partial charge in [-0.3, -0.25) is 4.99 Å². The van der Waals surface area contributed by atoms with Crippen LogP contribution in [0, 0.1) is 0 Å². The number of rotatable bonds is 2. The molecule has 0 saturated heterocycles. The Labute approximate surface area is 147 Å². The largest absolute Gasteiger partial charge is 0.325 e. The summed E-state index contributed by atoms with van der Waals surface area (Å²) < 4.78 is 2.19. The average molecular weight is 327 g/mol. The van der Waals surface area contributed by atoms with Crippen molar-refractivity contribution in [3.8, 4) is 0 Å². The number of imidazole rings is 1. The molecule has 25 heavy (non-hydrogen) atoms. The molecular weight excluding hydrogens is 306 g/mol. The molecule has 0 aliphatic heterocycles. The molecule has 0 saturated carbocycles. The van der Waals surface area contributed by atoms with Gasteiger partial charge >= 0.3 is 0 Å². The van der Waals surface area contributed by atoms with E-state index >= 15 is 0 Å². The summed E-state index contributed by atoms with van der Waals surface area (Å²) >= 11 is 0. The normalized spacial score (nSPS) is 12.4. The molecule has 3 heteroatoms. The molecule has 1 aromatic heterocycles. The second-order valence-electron chi connectivity index (χ2n) is 7.28. The quantitative estimate of drug-likeness (QED) is 0.435. The van der Waals surface area contributed by atoms with Crippen LogP contribution < -0.4 is 0 Å². The predicted octanol–water partition coefficient (Wildman–Crippen LogP) is 5.70. The molecule has 3 aromatic carbocycles. The molecule has 0 spiro atoms. The van der Waals surface area contributed by atoms with E-state index in [9.17, 15) is 0 Å². The van der Waals surface area contributed by atoms with Gasteiger partial charge in [0.25, 0.3) is 0 Å². The van der Waals surface area contributed by atoms with Crippen LogP contribution in [0.2, 0.25) is 0 Å². The molecule has 0 radical (unpaired) electrons. The van der Waals surface area contributed by atoms with Crippen molar-refractivity contribution in [2.45, 2.75) is 26.3 Å². The van der Waals surface area contributed by atoms with E-state index in [1.54, 1.807) is 0 Å². The highest BCUT2D eigenvalue weighted by atomic mass is 15.1. The van der Waals surface area contributed by atoms with Crippen molar-refractivity contribution < 1.29 is 0 Å². The summed E-state index contributed by atoms with van der Waals surface area (Å²) in [6.45, 7) is 6.54. The van der Waals surface area contributed by atoms with E-state index in [4.69, 9.17) is 0 Å². The number of fused-ring (bicyclic) bond motifs is 2. The first-order valence-electron chi connectivity index (χ1n) is 8.52. The van der Waals surface area contributed by atoms with Crippen LogP contribution in [0.1, 0.15) is 26.3 Å². The zero-order valence-corrected chi connectivity index (χ0v) is 14.8. The zero-order valence-electron chi connectivity index (χ0n) is 14.8. The minimum Gasteiger partial charge on any atom is -0.325 e. The lowest BCUT2D eigenvalue weighted by Gasteiger charge is -2.21. The summed E-state index contributed by atoms with van der Waals surface area (Å²) in [5.41, 5.74) is 4.17. The number of hydrogen-bond acceptors (Lipinski definition) is 2. The van der Waals surface area contributed by atoms with Gasteiger partial charge in [0.15, 0.2) is 0 Å². The summed E-state index contributed by atoms with van der Waals surface area (Å²) in [7, 11) is 0. The van der Waals surface area contributed by atoms with Crippen LogP contribution >= 0.6 is 0 Å². The smallest absolute Gasteiger partial charge is 0.0963 e. The van der Waals surface area contributed by atoms with Gasteiger partial charge in [0.05, 0.1) is 23.0 Å². The van der Waals surface area contributed by atoms with Gasteiger partial charge in [-0.25, -0.2) is 4.98 Å². The molecule has 0 unspecified atom stereocenters. The van der Waals surface area contributed by atoms with E-state index in [-0.39, 0.29) is 5.54 Å². The summed E-state index contributed by atoms with van der Waals surface area (Å²) in [5.74, 6) is 0. The van der Waals surface area contributed by atoms with Crippen molar-refractivity contribution in [3.63, 3.8) is 0 Å². The fourth-order valence-corrected chi connectivity index (χ4v) is 3.12. The van der Waals surface area contributed by atoms with Crippen molar-refractivity contribution in [2.24, 2.45) is 4.99 Å². The van der Waals surface area contributed by atoms with Gasteiger partial charge in [-0.05, 0) is 49.7 Å². The Morgan fingerprint density at radius 1 is 0.960 bits per heavy atom. The fraction of sp³-hybridized carbons (Fsp3) is 0.182. The van der Waals surface area contributed by atoms with Gasteiger partial charge in [0.1, 0.15) is 0 Å². The van der Waals surface area contributed by atoms with Gasteiger partial charge in [-0.1, -0.05) is 42.5 Å². The Hall–Kier alpha value is -2.94. The van der Waals surface area contributed by atoms with Crippen LogP contribution in [0.5, 0.6) is 0 Å². The lowest BCUT2D eigenvalue weighted by atomic mass is 10.1. The number of hydrogen-bond donors (Lipinski definition) is 0. The highest BCUT2D eigenvalue weighted by molar-refractivity contribution is 6.00. The number of aliphatic imine (C=N–C) groups is 1. The SMILES string of the molecule is CC(C)(C)n1cnc2cc(N=Cc3cccc4ccccc34)ccc21. The molecule has 1 heterocycles. The number of nitrogens with zero attached hydrogens (tertiary/aromatic N) is 3. The Morgan fingerprint density at radius 2 is 1.76 bits per heavy atom. The summed E-state index contributed by atoms with van der Waals surface area (Å²) in [6, 6.07) is 20.8. The first-order chi connectivity index (χ1) is 12.0. The van der Waals surface area contributed by atoms with E-state index in [1.807, 2.05) is 24.7 Å². The van der Waals surface area contributed by atoms with Crippen molar-refractivity contribution in [2.75, 3.05) is 0 Å². The Bertz CT molecular complexity index is 1080. The van der Waals surface area contributed by atoms with E-state index in [0.717, 1.165) is 22.3 Å². The third-order valence-electron chi connectivity index (χ3n) is 4.43. The second kappa shape index (κ2) is 5.85. The molecule has 3 nitrogen and oxygen atoms in total. The van der Waals surface area contributed by atoms with Crippen LogP contribution in [-0.2, 0) is 5.54 Å². The van der Waals surface area contributed by atoms with Crippen LogP contribution in [0.25, 0.3) is 21.8 Å². The Kier molecular flexibility index (Phi) is 3.65. The molecule has 0 fully saturated rings. The predicted molar refractivity (Wildman–Crippen MR) is 106 cm³/mol. The third kappa shape index (κ3) is 2.93. The molecule has 124 valence electrons. The van der Waals surface area contributed by atoms with Crippen LogP contribution in [-0.4, -0.2) is 15.8 Å². The van der Waals surface area contributed by atoms with Crippen LogP contribution in [0.15, 0.2) is 72.0 Å². The Morgan fingerprint density at radius 3 is 2.60 bits per heavy atom. The topological polar surface area (TPSA) is 30.2 Å². The highest BCUT2D eigenvalue weighted by Gasteiger charge is 2.15. The molecule has 4 rings (SSSR count). The van der Waals surface area contributed by atoms with Crippen LogP contribution in [0.3, 0.4) is 0 Å². The van der Waals surface area contributed by atoms with Gasteiger partial charge in [-0.2, -0.15) is 0 Å². The first-order valence-corrected chi connectivity index (χ1v) is 8.52. The van der Waals surface area contributed by atoms with Gasteiger partial charge < -0.3 is 4.57 Å². The van der Waals surface area contributed by atoms with Crippen molar-refractivity contribution in [1.82, 2.24) is 9.55 Å². The lowest BCUT2D eigenvalue weighted by Crippen LogP contribution is -2.20. The average Bonchev–Trinajstić information content (AvgIpc) is 3.03. The maximum absolute atomic E-state index is 4.67. The molecule has 0 bridgehead atoms. The molecular formula is C22H21N3.